The van der Waals surface area contributed by atoms with E-state index < -0.39 is 0 Å². The highest BCUT2D eigenvalue weighted by molar-refractivity contribution is 14.0. The summed E-state index contributed by atoms with van der Waals surface area (Å²) in [5.41, 5.74) is 3.92. The second-order valence-corrected chi connectivity index (χ2v) is 5.33. The van der Waals surface area contributed by atoms with Crippen molar-refractivity contribution in [2.45, 2.75) is 33.7 Å². The predicted octanol–water partition coefficient (Wildman–Crippen LogP) is 2.52. The molecule has 0 aliphatic carbocycles. The van der Waals surface area contributed by atoms with E-state index in [1.165, 1.54) is 16.7 Å². The van der Waals surface area contributed by atoms with Crippen LogP contribution >= 0.6 is 24.0 Å². The molecule has 0 aliphatic rings. The first-order chi connectivity index (χ1) is 10.6. The SMILES string of the molecule is CN=C(NCCc1cc(C)cc(C)c1)NCc1nc(C)no1.I. The number of nitrogens with zero attached hydrogens (tertiary/aromatic N) is 3. The average Bonchev–Trinajstić information content (AvgIpc) is 2.87. The first-order valence-electron chi connectivity index (χ1n) is 7.37. The molecule has 0 aliphatic heterocycles. The van der Waals surface area contributed by atoms with Crippen molar-refractivity contribution in [1.82, 2.24) is 20.8 Å². The second-order valence-electron chi connectivity index (χ2n) is 5.33. The molecule has 2 N–H and O–H groups in total. The Kier molecular flexibility index (Phi) is 8.01. The van der Waals surface area contributed by atoms with E-state index in [9.17, 15) is 0 Å². The Morgan fingerprint density at radius 3 is 2.39 bits per heavy atom. The fraction of sp³-hybridized carbons (Fsp3) is 0.438. The molecule has 126 valence electrons. The molecular formula is C16H24IN5O. The van der Waals surface area contributed by atoms with E-state index in [1.807, 2.05) is 0 Å². The maximum absolute atomic E-state index is 5.05. The van der Waals surface area contributed by atoms with Crippen LogP contribution in [0, 0.1) is 20.8 Å². The number of aromatic nitrogens is 2. The van der Waals surface area contributed by atoms with Gasteiger partial charge in [-0.2, -0.15) is 4.98 Å². The Hall–Kier alpha value is -1.64. The molecule has 2 aromatic rings. The third kappa shape index (κ3) is 6.55. The minimum Gasteiger partial charge on any atom is -0.356 e. The lowest BCUT2D eigenvalue weighted by molar-refractivity contribution is 0.371. The fourth-order valence-electron chi connectivity index (χ4n) is 2.33. The normalized spacial score (nSPS) is 11.0. The largest absolute Gasteiger partial charge is 0.356 e. The Morgan fingerprint density at radius 2 is 1.83 bits per heavy atom. The Bertz CT molecular complexity index is 633. The van der Waals surface area contributed by atoms with Gasteiger partial charge in [0, 0.05) is 13.6 Å². The molecule has 0 fully saturated rings. The Labute approximate surface area is 154 Å². The van der Waals surface area contributed by atoms with Crippen LogP contribution in [0.5, 0.6) is 0 Å². The summed E-state index contributed by atoms with van der Waals surface area (Å²) in [4.78, 5) is 8.32. The van der Waals surface area contributed by atoms with Gasteiger partial charge < -0.3 is 15.2 Å². The molecule has 6 nitrogen and oxygen atoms in total. The van der Waals surface area contributed by atoms with Crippen molar-refractivity contribution < 1.29 is 4.52 Å². The van der Waals surface area contributed by atoms with Crippen LogP contribution in [0.15, 0.2) is 27.7 Å². The summed E-state index contributed by atoms with van der Waals surface area (Å²) in [6, 6.07) is 6.61. The first-order valence-corrected chi connectivity index (χ1v) is 7.37. The topological polar surface area (TPSA) is 75.3 Å². The van der Waals surface area contributed by atoms with E-state index >= 15 is 0 Å². The van der Waals surface area contributed by atoms with Crippen LogP contribution in [0.1, 0.15) is 28.4 Å². The fourth-order valence-corrected chi connectivity index (χ4v) is 2.33. The standard InChI is InChI=1S/C16H23N5O.HI/c1-11-7-12(2)9-14(8-11)5-6-18-16(17-4)19-10-15-20-13(3)21-22-15;/h7-9H,5-6,10H2,1-4H3,(H2,17,18,19);1H. The molecule has 0 saturated carbocycles. The molecule has 1 aromatic heterocycles. The van der Waals surface area contributed by atoms with Crippen LogP contribution in [0.25, 0.3) is 0 Å². The molecule has 0 radical (unpaired) electrons. The second kappa shape index (κ2) is 9.49. The number of guanidine groups is 1. The number of aryl methyl sites for hydroxylation is 3. The van der Waals surface area contributed by atoms with E-state index in [0.29, 0.717) is 18.3 Å². The van der Waals surface area contributed by atoms with Gasteiger partial charge in [-0.15, -0.1) is 24.0 Å². The zero-order valence-corrected chi connectivity index (χ0v) is 16.3. The van der Waals surface area contributed by atoms with Crippen LogP contribution < -0.4 is 10.6 Å². The highest BCUT2D eigenvalue weighted by Gasteiger charge is 2.04. The summed E-state index contributed by atoms with van der Waals surface area (Å²) in [6.07, 6.45) is 0.947. The zero-order chi connectivity index (χ0) is 15.9. The van der Waals surface area contributed by atoms with Gasteiger partial charge in [-0.3, -0.25) is 4.99 Å². The number of halogens is 1. The Morgan fingerprint density at radius 1 is 1.13 bits per heavy atom. The van der Waals surface area contributed by atoms with Gasteiger partial charge in [-0.05, 0) is 32.8 Å². The van der Waals surface area contributed by atoms with Gasteiger partial charge in [-0.1, -0.05) is 34.5 Å². The third-order valence-corrected chi connectivity index (χ3v) is 3.19. The molecule has 0 atom stereocenters. The minimum atomic E-state index is 0. The summed E-state index contributed by atoms with van der Waals surface area (Å²) >= 11 is 0. The van der Waals surface area contributed by atoms with Crippen LogP contribution in [-0.4, -0.2) is 29.7 Å². The molecule has 0 amide bonds. The highest BCUT2D eigenvalue weighted by Crippen LogP contribution is 2.08. The summed E-state index contributed by atoms with van der Waals surface area (Å²) < 4.78 is 5.05. The summed E-state index contributed by atoms with van der Waals surface area (Å²) in [7, 11) is 1.74. The van der Waals surface area contributed by atoms with Gasteiger partial charge in [0.2, 0.25) is 5.89 Å². The number of aliphatic imine (C=N–C) groups is 1. The predicted molar refractivity (Wildman–Crippen MR) is 102 cm³/mol. The highest BCUT2D eigenvalue weighted by atomic mass is 127. The zero-order valence-electron chi connectivity index (χ0n) is 14.0. The van der Waals surface area contributed by atoms with Crippen LogP contribution in [0.3, 0.4) is 0 Å². The van der Waals surface area contributed by atoms with E-state index in [1.54, 1.807) is 14.0 Å². The van der Waals surface area contributed by atoms with Gasteiger partial charge in [0.25, 0.3) is 0 Å². The van der Waals surface area contributed by atoms with E-state index in [0.717, 1.165) is 18.9 Å². The van der Waals surface area contributed by atoms with Gasteiger partial charge in [-0.25, -0.2) is 0 Å². The average molecular weight is 429 g/mol. The molecule has 0 unspecified atom stereocenters. The summed E-state index contributed by atoms with van der Waals surface area (Å²) in [6.45, 7) is 7.31. The lowest BCUT2D eigenvalue weighted by Crippen LogP contribution is -2.37. The maximum atomic E-state index is 5.05. The monoisotopic (exact) mass is 429 g/mol. The quantitative estimate of drug-likeness (QED) is 0.434. The van der Waals surface area contributed by atoms with Gasteiger partial charge in [0.15, 0.2) is 11.8 Å². The van der Waals surface area contributed by atoms with Crippen molar-refractivity contribution in [3.05, 3.63) is 46.6 Å². The van der Waals surface area contributed by atoms with Crippen molar-refractivity contribution in [3.63, 3.8) is 0 Å². The van der Waals surface area contributed by atoms with E-state index in [2.05, 4.69) is 57.8 Å². The molecule has 1 heterocycles. The van der Waals surface area contributed by atoms with Crippen molar-refractivity contribution in [3.8, 4) is 0 Å². The van der Waals surface area contributed by atoms with E-state index in [4.69, 9.17) is 4.52 Å². The number of hydrogen-bond acceptors (Lipinski definition) is 4. The molecule has 0 spiro atoms. The summed E-state index contributed by atoms with van der Waals surface area (Å²) in [5.74, 6) is 1.91. The number of nitrogens with one attached hydrogen (secondary N) is 2. The number of benzene rings is 1. The molecular weight excluding hydrogens is 405 g/mol. The smallest absolute Gasteiger partial charge is 0.246 e. The van der Waals surface area contributed by atoms with E-state index in [-0.39, 0.29) is 24.0 Å². The van der Waals surface area contributed by atoms with Crippen LogP contribution in [-0.2, 0) is 13.0 Å². The molecule has 7 heteroatoms. The number of rotatable bonds is 5. The van der Waals surface area contributed by atoms with Crippen molar-refractivity contribution in [2.75, 3.05) is 13.6 Å². The third-order valence-electron chi connectivity index (χ3n) is 3.19. The minimum absolute atomic E-state index is 0. The van der Waals surface area contributed by atoms with Crippen molar-refractivity contribution in [1.29, 1.82) is 0 Å². The lowest BCUT2D eigenvalue weighted by atomic mass is 10.1. The Balaban J connectivity index is 0.00000264. The van der Waals surface area contributed by atoms with Gasteiger partial charge in [0.05, 0.1) is 6.54 Å². The van der Waals surface area contributed by atoms with Crippen LogP contribution in [0.2, 0.25) is 0 Å². The molecule has 23 heavy (non-hydrogen) atoms. The van der Waals surface area contributed by atoms with Crippen LogP contribution in [0.4, 0.5) is 0 Å². The molecule has 1 aromatic carbocycles. The summed E-state index contributed by atoms with van der Waals surface area (Å²) in [5, 5.41) is 10.2. The first kappa shape index (κ1) is 19.4. The van der Waals surface area contributed by atoms with Crippen molar-refractivity contribution >= 4 is 29.9 Å². The lowest BCUT2D eigenvalue weighted by Gasteiger charge is -2.11. The van der Waals surface area contributed by atoms with Gasteiger partial charge in [0.1, 0.15) is 0 Å². The molecule has 2 rings (SSSR count). The number of hydrogen-bond donors (Lipinski definition) is 2. The van der Waals surface area contributed by atoms with Crippen molar-refractivity contribution in [2.24, 2.45) is 4.99 Å². The molecule has 0 saturated heterocycles. The maximum Gasteiger partial charge on any atom is 0.246 e. The molecule has 0 bridgehead atoms. The van der Waals surface area contributed by atoms with Gasteiger partial charge >= 0.3 is 0 Å².